The van der Waals surface area contributed by atoms with Crippen LogP contribution in [0.4, 0.5) is 23.5 Å². The van der Waals surface area contributed by atoms with E-state index in [1.54, 1.807) is 0 Å². The Balaban J connectivity index is 2.34. The summed E-state index contributed by atoms with van der Waals surface area (Å²) in [6.07, 6.45) is -5.32. The monoisotopic (exact) mass is 224 g/mol. The Kier molecular flexibility index (Phi) is 2.49. The van der Waals surface area contributed by atoms with Crippen LogP contribution in [-0.4, -0.2) is 27.7 Å². The lowest BCUT2D eigenvalue weighted by molar-refractivity contribution is 0.0696. The van der Waals surface area contributed by atoms with Gasteiger partial charge in [-0.1, -0.05) is 0 Å². The zero-order valence-corrected chi connectivity index (χ0v) is 7.50. The number of alkyl halides is 4. The van der Waals surface area contributed by atoms with Gasteiger partial charge in [-0.15, -0.1) is 5.10 Å². The van der Waals surface area contributed by atoms with Gasteiger partial charge in [0.1, 0.15) is 6.04 Å². The van der Waals surface area contributed by atoms with Crippen molar-refractivity contribution >= 4 is 5.95 Å². The first kappa shape index (κ1) is 10.2. The van der Waals surface area contributed by atoms with E-state index in [4.69, 9.17) is 0 Å². The average molecular weight is 224 g/mol. The van der Waals surface area contributed by atoms with Crippen molar-refractivity contribution in [1.29, 1.82) is 0 Å². The predicted octanol–water partition coefficient (Wildman–Crippen LogP) is 1.84. The van der Waals surface area contributed by atoms with Gasteiger partial charge >= 0.3 is 0 Å². The highest BCUT2D eigenvalue weighted by Crippen LogP contribution is 2.28. The Morgan fingerprint density at radius 2 is 2.07 bits per heavy atom. The quantitative estimate of drug-likeness (QED) is 0.779. The summed E-state index contributed by atoms with van der Waals surface area (Å²) in [5.41, 5.74) is 0. The molecule has 1 aliphatic heterocycles. The highest BCUT2D eigenvalue weighted by atomic mass is 19.3. The van der Waals surface area contributed by atoms with Crippen LogP contribution in [0.15, 0.2) is 0 Å². The number of nitrogens with one attached hydrogen (secondary N) is 1. The van der Waals surface area contributed by atoms with Crippen molar-refractivity contribution in [2.75, 3.05) is 11.9 Å². The van der Waals surface area contributed by atoms with Crippen LogP contribution in [0.5, 0.6) is 0 Å². The number of hydrogen-bond donors (Lipinski definition) is 1. The molecule has 8 heteroatoms. The molecule has 0 amide bonds. The largest absolute Gasteiger partial charge is 0.354 e. The number of halogens is 4. The third kappa shape index (κ3) is 1.75. The van der Waals surface area contributed by atoms with E-state index in [-0.39, 0.29) is 18.9 Å². The zero-order valence-electron chi connectivity index (χ0n) is 7.50. The van der Waals surface area contributed by atoms with E-state index in [9.17, 15) is 17.6 Å². The lowest BCUT2D eigenvalue weighted by Crippen LogP contribution is -2.28. The van der Waals surface area contributed by atoms with Gasteiger partial charge in [0.2, 0.25) is 11.8 Å². The van der Waals surface area contributed by atoms with Crippen molar-refractivity contribution in [2.45, 2.75) is 25.3 Å². The van der Waals surface area contributed by atoms with Gasteiger partial charge in [0.15, 0.2) is 0 Å². The van der Waals surface area contributed by atoms with Gasteiger partial charge < -0.3 is 5.32 Å². The standard InChI is InChI=1S/C7H8F4N4/c8-4(9)3-1-2-12-7-13-6(5(10)11)14-15(3)7/h3-5H,1-2H2,(H,12,13,14). The van der Waals surface area contributed by atoms with Crippen LogP contribution >= 0.6 is 0 Å². The van der Waals surface area contributed by atoms with E-state index < -0.39 is 24.7 Å². The second-order valence-electron chi connectivity index (χ2n) is 3.16. The minimum Gasteiger partial charge on any atom is -0.354 e. The van der Waals surface area contributed by atoms with Crippen molar-refractivity contribution in [3.63, 3.8) is 0 Å². The second kappa shape index (κ2) is 3.67. The Labute approximate surface area is 82.3 Å². The number of aromatic nitrogens is 3. The molecule has 1 aromatic heterocycles. The normalized spacial score (nSPS) is 20.5. The van der Waals surface area contributed by atoms with Gasteiger partial charge in [-0.2, -0.15) is 4.98 Å². The average Bonchev–Trinajstić information content (AvgIpc) is 2.60. The molecular weight excluding hydrogens is 216 g/mol. The number of rotatable bonds is 2. The Morgan fingerprint density at radius 3 is 2.67 bits per heavy atom. The first-order chi connectivity index (χ1) is 7.09. The molecule has 0 saturated heterocycles. The van der Waals surface area contributed by atoms with Gasteiger partial charge in [-0.3, -0.25) is 0 Å². The van der Waals surface area contributed by atoms with E-state index in [2.05, 4.69) is 15.4 Å². The molecule has 4 nitrogen and oxygen atoms in total. The molecule has 0 radical (unpaired) electrons. The molecule has 15 heavy (non-hydrogen) atoms. The maximum atomic E-state index is 12.5. The molecule has 1 atom stereocenters. The van der Waals surface area contributed by atoms with Crippen molar-refractivity contribution in [3.05, 3.63) is 5.82 Å². The van der Waals surface area contributed by atoms with E-state index in [1.807, 2.05) is 0 Å². The molecular formula is C7H8F4N4. The molecule has 0 aromatic carbocycles. The molecule has 1 N–H and O–H groups in total. The van der Waals surface area contributed by atoms with Crippen LogP contribution < -0.4 is 5.32 Å². The fraction of sp³-hybridized carbons (Fsp3) is 0.714. The second-order valence-corrected chi connectivity index (χ2v) is 3.16. The molecule has 0 aliphatic carbocycles. The van der Waals surface area contributed by atoms with Gasteiger partial charge in [0.05, 0.1) is 0 Å². The summed E-state index contributed by atoms with van der Waals surface area (Å²) in [7, 11) is 0. The predicted molar refractivity (Wildman–Crippen MR) is 43.1 cm³/mol. The Bertz CT molecular complexity index is 351. The first-order valence-electron chi connectivity index (χ1n) is 4.36. The molecule has 1 aromatic rings. The minimum absolute atomic E-state index is 0.0122. The summed E-state index contributed by atoms with van der Waals surface area (Å²) < 4.78 is 50.3. The number of anilines is 1. The highest BCUT2D eigenvalue weighted by Gasteiger charge is 2.31. The number of fused-ring (bicyclic) bond motifs is 1. The maximum absolute atomic E-state index is 12.5. The summed E-state index contributed by atoms with van der Waals surface area (Å²) in [5.74, 6) is -0.730. The molecule has 1 aliphatic rings. The molecule has 0 spiro atoms. The fourth-order valence-corrected chi connectivity index (χ4v) is 1.47. The van der Waals surface area contributed by atoms with Crippen molar-refractivity contribution in [1.82, 2.24) is 14.8 Å². The van der Waals surface area contributed by atoms with E-state index >= 15 is 0 Å². The number of hydrogen-bond acceptors (Lipinski definition) is 3. The molecule has 0 fully saturated rings. The van der Waals surface area contributed by atoms with Crippen LogP contribution in [-0.2, 0) is 0 Å². The topological polar surface area (TPSA) is 42.7 Å². The molecule has 0 saturated carbocycles. The van der Waals surface area contributed by atoms with E-state index in [0.29, 0.717) is 0 Å². The SMILES string of the molecule is FC(F)c1nc2n(n1)C(C(F)F)CCN2. The maximum Gasteiger partial charge on any atom is 0.299 e. The summed E-state index contributed by atoms with van der Waals surface area (Å²) in [6.45, 7) is 0.288. The highest BCUT2D eigenvalue weighted by molar-refractivity contribution is 5.28. The summed E-state index contributed by atoms with van der Waals surface area (Å²) in [4.78, 5) is 3.44. The van der Waals surface area contributed by atoms with Gasteiger partial charge in [0, 0.05) is 6.54 Å². The summed E-state index contributed by atoms with van der Waals surface area (Å²) in [5, 5.41) is 6.01. The molecule has 2 heterocycles. The van der Waals surface area contributed by atoms with Crippen LogP contribution in [0.1, 0.15) is 24.7 Å². The van der Waals surface area contributed by atoms with Crippen molar-refractivity contribution in [3.8, 4) is 0 Å². The first-order valence-corrected chi connectivity index (χ1v) is 4.36. The van der Waals surface area contributed by atoms with Gasteiger partial charge in [0.25, 0.3) is 12.9 Å². The van der Waals surface area contributed by atoms with Crippen molar-refractivity contribution < 1.29 is 17.6 Å². The lowest BCUT2D eigenvalue weighted by atomic mass is 10.2. The third-order valence-electron chi connectivity index (χ3n) is 2.17. The molecule has 1 unspecified atom stereocenters. The summed E-state index contributed by atoms with van der Waals surface area (Å²) in [6, 6.07) is -1.17. The van der Waals surface area contributed by atoms with Crippen LogP contribution in [0.2, 0.25) is 0 Å². The Hall–Kier alpha value is -1.34. The minimum atomic E-state index is -2.84. The van der Waals surface area contributed by atoms with E-state index in [0.717, 1.165) is 4.68 Å². The van der Waals surface area contributed by atoms with E-state index in [1.165, 1.54) is 0 Å². The lowest BCUT2D eigenvalue weighted by Gasteiger charge is -2.23. The fourth-order valence-electron chi connectivity index (χ4n) is 1.47. The third-order valence-corrected chi connectivity index (χ3v) is 2.17. The Morgan fingerprint density at radius 1 is 1.33 bits per heavy atom. The van der Waals surface area contributed by atoms with Crippen LogP contribution in [0, 0.1) is 0 Å². The molecule has 0 bridgehead atoms. The summed E-state index contributed by atoms with van der Waals surface area (Å²) >= 11 is 0. The smallest absolute Gasteiger partial charge is 0.299 e. The molecule has 2 rings (SSSR count). The van der Waals surface area contributed by atoms with Crippen molar-refractivity contribution in [2.24, 2.45) is 0 Å². The van der Waals surface area contributed by atoms with Crippen LogP contribution in [0.25, 0.3) is 0 Å². The zero-order chi connectivity index (χ0) is 11.0. The van der Waals surface area contributed by atoms with Gasteiger partial charge in [-0.05, 0) is 6.42 Å². The van der Waals surface area contributed by atoms with Crippen LogP contribution in [0.3, 0.4) is 0 Å². The van der Waals surface area contributed by atoms with Gasteiger partial charge in [-0.25, -0.2) is 22.2 Å². The molecule has 84 valence electrons. The number of nitrogens with zero attached hydrogens (tertiary/aromatic N) is 3.